The number of nitrogens with one attached hydrogen (secondary N) is 3. The average Bonchev–Trinajstić information content (AvgIpc) is 2.76. The van der Waals surface area contributed by atoms with Crippen molar-refractivity contribution in [3.05, 3.63) is 68.6 Å². The number of hydrogen-bond acceptors (Lipinski definition) is 2. The molecule has 0 saturated carbocycles. The second kappa shape index (κ2) is 7.55. The van der Waals surface area contributed by atoms with Crippen LogP contribution in [-0.4, -0.2) is 11.0 Å². The van der Waals surface area contributed by atoms with Crippen molar-refractivity contribution in [1.82, 2.24) is 15.6 Å². The Kier molecular flexibility index (Phi) is 5.22. The van der Waals surface area contributed by atoms with Gasteiger partial charge in [-0.05, 0) is 55.9 Å². The van der Waals surface area contributed by atoms with Crippen LogP contribution < -0.4 is 16.2 Å². The third kappa shape index (κ3) is 4.10. The third-order valence-electron chi connectivity index (χ3n) is 4.84. The number of aryl methyl sites for hydroxylation is 3. The summed E-state index contributed by atoms with van der Waals surface area (Å²) in [6.45, 7) is 3.96. The van der Waals surface area contributed by atoms with Gasteiger partial charge in [0.25, 0.3) is 5.56 Å². The zero-order chi connectivity index (χ0) is 17.8. The first kappa shape index (κ1) is 17.3. The molecule has 1 heterocycles. The fourth-order valence-electron chi connectivity index (χ4n) is 3.55. The van der Waals surface area contributed by atoms with Crippen molar-refractivity contribution in [2.24, 2.45) is 0 Å². The van der Waals surface area contributed by atoms with Crippen molar-refractivity contribution < 1.29 is 4.79 Å². The van der Waals surface area contributed by atoms with Gasteiger partial charge < -0.3 is 15.6 Å². The molecular formula is C20H25N3O2. The van der Waals surface area contributed by atoms with E-state index in [1.165, 1.54) is 11.1 Å². The van der Waals surface area contributed by atoms with Gasteiger partial charge in [0.1, 0.15) is 0 Å². The van der Waals surface area contributed by atoms with Crippen LogP contribution in [0.3, 0.4) is 0 Å². The minimum atomic E-state index is -0.235. The van der Waals surface area contributed by atoms with Crippen LogP contribution in [0.1, 0.15) is 53.3 Å². The number of carbonyl (C=O) groups is 1. The first-order valence-corrected chi connectivity index (χ1v) is 8.86. The minimum Gasteiger partial charge on any atom is -0.334 e. The summed E-state index contributed by atoms with van der Waals surface area (Å²) in [7, 11) is 0. The number of pyridine rings is 1. The Morgan fingerprint density at radius 1 is 1.24 bits per heavy atom. The van der Waals surface area contributed by atoms with Crippen molar-refractivity contribution >= 4 is 6.03 Å². The van der Waals surface area contributed by atoms with Crippen LogP contribution in [-0.2, 0) is 13.0 Å². The van der Waals surface area contributed by atoms with E-state index in [2.05, 4.69) is 27.8 Å². The van der Waals surface area contributed by atoms with E-state index in [1.807, 2.05) is 32.0 Å². The summed E-state index contributed by atoms with van der Waals surface area (Å²) in [6, 6.07) is 10.0. The molecule has 2 amide bonds. The molecule has 132 valence electrons. The maximum atomic E-state index is 12.4. The van der Waals surface area contributed by atoms with Crippen LogP contribution in [0, 0.1) is 13.8 Å². The van der Waals surface area contributed by atoms with E-state index < -0.39 is 0 Å². The van der Waals surface area contributed by atoms with Crippen LogP contribution in [0.4, 0.5) is 4.79 Å². The summed E-state index contributed by atoms with van der Waals surface area (Å²) in [6.07, 6.45) is 4.24. The molecule has 5 nitrogen and oxygen atoms in total. The fraction of sp³-hybridized carbons (Fsp3) is 0.400. The number of rotatable bonds is 3. The summed E-state index contributed by atoms with van der Waals surface area (Å²) in [5.41, 5.74) is 4.70. The second-order valence-corrected chi connectivity index (χ2v) is 6.77. The zero-order valence-corrected chi connectivity index (χ0v) is 14.8. The Balaban J connectivity index is 1.66. The van der Waals surface area contributed by atoms with Gasteiger partial charge in [-0.3, -0.25) is 4.79 Å². The molecule has 3 N–H and O–H groups in total. The van der Waals surface area contributed by atoms with Crippen molar-refractivity contribution in [2.45, 2.75) is 52.1 Å². The molecule has 3 rings (SSSR count). The molecule has 0 aliphatic heterocycles. The number of amides is 2. The van der Waals surface area contributed by atoms with Gasteiger partial charge in [-0.1, -0.05) is 30.7 Å². The highest BCUT2D eigenvalue weighted by molar-refractivity contribution is 5.74. The number of hydrogen-bond donors (Lipinski definition) is 3. The van der Waals surface area contributed by atoms with Gasteiger partial charge in [-0.15, -0.1) is 0 Å². The van der Waals surface area contributed by atoms with Crippen LogP contribution in [0.25, 0.3) is 0 Å². The Morgan fingerprint density at radius 3 is 2.84 bits per heavy atom. The molecule has 25 heavy (non-hydrogen) atoms. The van der Waals surface area contributed by atoms with E-state index in [9.17, 15) is 9.59 Å². The van der Waals surface area contributed by atoms with Crippen molar-refractivity contribution in [3.63, 3.8) is 0 Å². The Bertz CT molecular complexity index is 826. The molecule has 5 heteroatoms. The van der Waals surface area contributed by atoms with E-state index in [0.717, 1.165) is 36.9 Å². The lowest BCUT2D eigenvalue weighted by Crippen LogP contribution is -2.38. The molecule has 0 unspecified atom stereocenters. The highest BCUT2D eigenvalue weighted by Crippen LogP contribution is 2.28. The quantitative estimate of drug-likeness (QED) is 0.751. The summed E-state index contributed by atoms with van der Waals surface area (Å²) < 4.78 is 0. The largest absolute Gasteiger partial charge is 0.334 e. The molecular weight excluding hydrogens is 314 g/mol. The summed E-state index contributed by atoms with van der Waals surface area (Å²) in [5, 5.41) is 5.90. The number of H-pyrrole nitrogens is 1. The van der Waals surface area contributed by atoms with E-state index >= 15 is 0 Å². The van der Waals surface area contributed by atoms with Gasteiger partial charge in [0.05, 0.1) is 12.6 Å². The van der Waals surface area contributed by atoms with E-state index in [0.29, 0.717) is 5.56 Å². The topological polar surface area (TPSA) is 74.0 Å². The number of urea groups is 1. The Morgan fingerprint density at radius 2 is 2.04 bits per heavy atom. The van der Waals surface area contributed by atoms with E-state index in [-0.39, 0.29) is 24.2 Å². The van der Waals surface area contributed by atoms with Gasteiger partial charge >= 0.3 is 6.03 Å². The van der Waals surface area contributed by atoms with Crippen molar-refractivity contribution in [1.29, 1.82) is 0 Å². The summed E-state index contributed by atoms with van der Waals surface area (Å²) in [4.78, 5) is 27.2. The van der Waals surface area contributed by atoms with E-state index in [4.69, 9.17) is 0 Å². The molecule has 1 aromatic carbocycles. The van der Waals surface area contributed by atoms with Crippen molar-refractivity contribution in [2.75, 3.05) is 0 Å². The number of aromatic nitrogens is 1. The Labute approximate surface area is 147 Å². The first-order chi connectivity index (χ1) is 12.0. The molecule has 0 radical (unpaired) electrons. The summed E-state index contributed by atoms with van der Waals surface area (Å²) in [5.74, 6) is 0. The molecule has 1 aromatic heterocycles. The maximum absolute atomic E-state index is 12.4. The number of fused-ring (bicyclic) bond motifs is 1. The lowest BCUT2D eigenvalue weighted by atomic mass is 9.99. The van der Waals surface area contributed by atoms with Gasteiger partial charge in [0.15, 0.2) is 0 Å². The monoisotopic (exact) mass is 339 g/mol. The predicted molar refractivity (Wildman–Crippen MR) is 98.6 cm³/mol. The lowest BCUT2D eigenvalue weighted by molar-refractivity contribution is 0.236. The predicted octanol–water partition coefficient (Wildman–Crippen LogP) is 3.26. The molecule has 0 saturated heterocycles. The standard InChI is InChI=1S/C20H25N3O2/c1-13-11-14(2)22-19(24)17(13)12-21-20(25)23-18-10-6-4-8-15-7-3-5-9-16(15)18/h3,5,7,9,11,18H,4,6,8,10,12H2,1-2H3,(H,22,24)(H2,21,23,25)/t18-/m1/s1. The molecule has 0 bridgehead atoms. The maximum Gasteiger partial charge on any atom is 0.315 e. The summed E-state index contributed by atoms with van der Waals surface area (Å²) >= 11 is 0. The third-order valence-corrected chi connectivity index (χ3v) is 4.84. The molecule has 0 fully saturated rings. The number of aromatic amines is 1. The van der Waals surface area contributed by atoms with Gasteiger partial charge in [0.2, 0.25) is 0 Å². The highest BCUT2D eigenvalue weighted by Gasteiger charge is 2.20. The number of carbonyl (C=O) groups excluding carboxylic acids is 1. The smallest absolute Gasteiger partial charge is 0.315 e. The molecule has 2 aromatic rings. The van der Waals surface area contributed by atoms with Crippen LogP contribution >= 0.6 is 0 Å². The fourth-order valence-corrected chi connectivity index (χ4v) is 3.55. The highest BCUT2D eigenvalue weighted by atomic mass is 16.2. The van der Waals surface area contributed by atoms with Crippen LogP contribution in [0.5, 0.6) is 0 Å². The second-order valence-electron chi connectivity index (χ2n) is 6.77. The lowest BCUT2D eigenvalue weighted by Gasteiger charge is -2.20. The van der Waals surface area contributed by atoms with Crippen LogP contribution in [0.15, 0.2) is 35.1 Å². The molecule has 1 atom stereocenters. The van der Waals surface area contributed by atoms with Gasteiger partial charge in [-0.25, -0.2) is 4.79 Å². The normalized spacial score (nSPS) is 16.6. The molecule has 0 spiro atoms. The number of benzene rings is 1. The van der Waals surface area contributed by atoms with Crippen LogP contribution in [0.2, 0.25) is 0 Å². The molecule has 1 aliphatic rings. The van der Waals surface area contributed by atoms with Gasteiger partial charge in [0, 0.05) is 11.3 Å². The average molecular weight is 339 g/mol. The van der Waals surface area contributed by atoms with Gasteiger partial charge in [-0.2, -0.15) is 0 Å². The SMILES string of the molecule is Cc1cc(C)c(CNC(=O)N[C@@H]2CCCCc3ccccc32)c(=O)[nH]1. The zero-order valence-electron chi connectivity index (χ0n) is 14.8. The Hall–Kier alpha value is -2.56. The first-order valence-electron chi connectivity index (χ1n) is 8.86. The van der Waals surface area contributed by atoms with Crippen molar-refractivity contribution in [3.8, 4) is 0 Å². The van der Waals surface area contributed by atoms with E-state index in [1.54, 1.807) is 0 Å². The minimum absolute atomic E-state index is 0.0242. The molecule has 1 aliphatic carbocycles.